The SMILES string of the molecule is CCC1(O)CN(C(=O)CNC(=O)Nc2ccccc2)C1. The van der Waals surface area contributed by atoms with Crippen molar-refractivity contribution in [2.24, 2.45) is 0 Å². The molecule has 3 amide bonds. The number of benzene rings is 1. The minimum atomic E-state index is -0.748. The normalized spacial score (nSPS) is 16.2. The Morgan fingerprint density at radius 3 is 2.55 bits per heavy atom. The summed E-state index contributed by atoms with van der Waals surface area (Å²) in [5.41, 5.74) is -0.0798. The van der Waals surface area contributed by atoms with Crippen LogP contribution in [0.1, 0.15) is 13.3 Å². The summed E-state index contributed by atoms with van der Waals surface area (Å²) in [6.45, 7) is 2.49. The summed E-state index contributed by atoms with van der Waals surface area (Å²) in [7, 11) is 0. The van der Waals surface area contributed by atoms with Crippen molar-refractivity contribution in [2.75, 3.05) is 25.0 Å². The summed E-state index contributed by atoms with van der Waals surface area (Å²) in [5.74, 6) is -0.189. The molecule has 1 aromatic carbocycles. The lowest BCUT2D eigenvalue weighted by atomic mass is 9.91. The molecule has 0 radical (unpaired) electrons. The Morgan fingerprint density at radius 1 is 1.30 bits per heavy atom. The number of nitrogens with zero attached hydrogens (tertiary/aromatic N) is 1. The van der Waals surface area contributed by atoms with E-state index in [1.807, 2.05) is 25.1 Å². The fraction of sp³-hybridized carbons (Fsp3) is 0.429. The highest BCUT2D eigenvalue weighted by Gasteiger charge is 2.41. The zero-order chi connectivity index (χ0) is 14.6. The Bertz CT molecular complexity index is 484. The molecular formula is C14H19N3O3. The van der Waals surface area contributed by atoms with Gasteiger partial charge in [0, 0.05) is 5.69 Å². The summed E-state index contributed by atoms with van der Waals surface area (Å²) >= 11 is 0. The van der Waals surface area contributed by atoms with Crippen LogP contribution in [0.4, 0.5) is 10.5 Å². The second kappa shape index (κ2) is 5.92. The van der Waals surface area contributed by atoms with Gasteiger partial charge < -0.3 is 20.6 Å². The average Bonchev–Trinajstić information content (AvgIpc) is 2.42. The number of hydrogen-bond acceptors (Lipinski definition) is 3. The van der Waals surface area contributed by atoms with E-state index >= 15 is 0 Å². The van der Waals surface area contributed by atoms with E-state index in [-0.39, 0.29) is 12.5 Å². The van der Waals surface area contributed by atoms with Crippen LogP contribution >= 0.6 is 0 Å². The molecule has 0 aliphatic carbocycles. The van der Waals surface area contributed by atoms with Crippen molar-refractivity contribution in [3.8, 4) is 0 Å². The molecule has 2 rings (SSSR count). The number of carbonyl (C=O) groups excluding carboxylic acids is 2. The van der Waals surface area contributed by atoms with Crippen LogP contribution in [-0.2, 0) is 4.79 Å². The minimum Gasteiger partial charge on any atom is -0.386 e. The van der Waals surface area contributed by atoms with Crippen LogP contribution in [-0.4, -0.2) is 47.2 Å². The molecule has 0 bridgehead atoms. The van der Waals surface area contributed by atoms with Crippen molar-refractivity contribution in [2.45, 2.75) is 18.9 Å². The largest absolute Gasteiger partial charge is 0.386 e. The van der Waals surface area contributed by atoms with Gasteiger partial charge in [-0.05, 0) is 18.6 Å². The third-order valence-electron chi connectivity index (χ3n) is 3.41. The average molecular weight is 277 g/mol. The Hall–Kier alpha value is -2.08. The van der Waals surface area contributed by atoms with E-state index in [0.29, 0.717) is 25.2 Å². The smallest absolute Gasteiger partial charge is 0.319 e. The summed E-state index contributed by atoms with van der Waals surface area (Å²) in [6.07, 6.45) is 0.624. The molecule has 1 heterocycles. The van der Waals surface area contributed by atoms with Gasteiger partial charge in [-0.1, -0.05) is 25.1 Å². The molecule has 0 saturated carbocycles. The summed E-state index contributed by atoms with van der Waals surface area (Å²) in [5, 5.41) is 14.9. The third kappa shape index (κ3) is 3.48. The number of para-hydroxylation sites is 1. The first-order valence-corrected chi connectivity index (χ1v) is 6.62. The number of amides is 3. The highest BCUT2D eigenvalue weighted by Crippen LogP contribution is 2.23. The number of rotatable bonds is 4. The number of urea groups is 1. The highest BCUT2D eigenvalue weighted by atomic mass is 16.3. The van der Waals surface area contributed by atoms with E-state index < -0.39 is 11.6 Å². The van der Waals surface area contributed by atoms with E-state index in [2.05, 4.69) is 10.6 Å². The van der Waals surface area contributed by atoms with E-state index in [1.54, 1.807) is 12.1 Å². The highest BCUT2D eigenvalue weighted by molar-refractivity contribution is 5.92. The van der Waals surface area contributed by atoms with Gasteiger partial charge in [-0.25, -0.2) is 4.79 Å². The lowest BCUT2D eigenvalue weighted by Gasteiger charge is -2.46. The van der Waals surface area contributed by atoms with Gasteiger partial charge in [-0.3, -0.25) is 4.79 Å². The molecule has 0 atom stereocenters. The standard InChI is InChI=1S/C14H19N3O3/c1-2-14(20)9-17(10-14)12(18)8-15-13(19)16-11-6-4-3-5-7-11/h3-7,20H,2,8-10H2,1H3,(H2,15,16,19). The summed E-state index contributed by atoms with van der Waals surface area (Å²) in [6, 6.07) is 8.58. The fourth-order valence-electron chi connectivity index (χ4n) is 2.03. The molecule has 6 nitrogen and oxygen atoms in total. The molecule has 0 spiro atoms. The maximum Gasteiger partial charge on any atom is 0.319 e. The third-order valence-corrected chi connectivity index (χ3v) is 3.41. The van der Waals surface area contributed by atoms with Gasteiger partial charge in [-0.2, -0.15) is 0 Å². The zero-order valence-electron chi connectivity index (χ0n) is 11.4. The molecule has 108 valence electrons. The number of β-amino-alcohol motifs (C(OH)–C–C–N with tert-alkyl or cyclic N) is 1. The predicted molar refractivity (Wildman–Crippen MR) is 75.3 cm³/mol. The lowest BCUT2D eigenvalue weighted by molar-refractivity contribution is -0.154. The molecule has 20 heavy (non-hydrogen) atoms. The van der Waals surface area contributed by atoms with Crippen molar-refractivity contribution in [3.63, 3.8) is 0 Å². The van der Waals surface area contributed by atoms with Crippen molar-refractivity contribution in [3.05, 3.63) is 30.3 Å². The molecule has 1 fully saturated rings. The first kappa shape index (κ1) is 14.3. The van der Waals surface area contributed by atoms with Gasteiger partial charge in [0.25, 0.3) is 0 Å². The molecule has 6 heteroatoms. The summed E-state index contributed by atoms with van der Waals surface area (Å²) < 4.78 is 0. The zero-order valence-corrected chi connectivity index (χ0v) is 11.4. The lowest BCUT2D eigenvalue weighted by Crippen LogP contribution is -2.64. The first-order chi connectivity index (χ1) is 9.52. The van der Waals surface area contributed by atoms with Crippen LogP contribution in [0, 0.1) is 0 Å². The molecule has 3 N–H and O–H groups in total. The Kier molecular flexibility index (Phi) is 4.24. The topological polar surface area (TPSA) is 81.7 Å². The molecule has 1 aromatic rings. The van der Waals surface area contributed by atoms with E-state index in [1.165, 1.54) is 4.90 Å². The molecule has 1 saturated heterocycles. The van der Waals surface area contributed by atoms with Crippen molar-refractivity contribution < 1.29 is 14.7 Å². The van der Waals surface area contributed by atoms with Gasteiger partial charge in [0.15, 0.2) is 0 Å². The van der Waals surface area contributed by atoms with Crippen LogP contribution in [0.25, 0.3) is 0 Å². The molecule has 0 aromatic heterocycles. The minimum absolute atomic E-state index is 0.0710. The molecular weight excluding hydrogens is 258 g/mol. The van der Waals surface area contributed by atoms with Gasteiger partial charge >= 0.3 is 6.03 Å². The Morgan fingerprint density at radius 2 is 1.95 bits per heavy atom. The number of anilines is 1. The first-order valence-electron chi connectivity index (χ1n) is 6.62. The number of nitrogens with one attached hydrogen (secondary N) is 2. The van der Waals surface area contributed by atoms with Gasteiger partial charge in [0.05, 0.1) is 25.2 Å². The van der Waals surface area contributed by atoms with Gasteiger partial charge in [0.2, 0.25) is 5.91 Å². The van der Waals surface area contributed by atoms with Crippen LogP contribution in [0.15, 0.2) is 30.3 Å². The maximum atomic E-state index is 11.8. The van der Waals surface area contributed by atoms with Crippen molar-refractivity contribution >= 4 is 17.6 Å². The Balaban J connectivity index is 1.70. The van der Waals surface area contributed by atoms with Gasteiger partial charge in [-0.15, -0.1) is 0 Å². The number of aliphatic hydroxyl groups is 1. The fourth-order valence-corrected chi connectivity index (χ4v) is 2.03. The number of likely N-dealkylation sites (tertiary alicyclic amines) is 1. The number of hydrogen-bond donors (Lipinski definition) is 3. The van der Waals surface area contributed by atoms with Crippen LogP contribution < -0.4 is 10.6 Å². The summed E-state index contributed by atoms with van der Waals surface area (Å²) in [4.78, 5) is 24.9. The Labute approximate surface area is 117 Å². The van der Waals surface area contributed by atoms with E-state index in [4.69, 9.17) is 0 Å². The monoisotopic (exact) mass is 277 g/mol. The molecule has 1 aliphatic heterocycles. The molecule has 1 aliphatic rings. The van der Waals surface area contributed by atoms with E-state index in [9.17, 15) is 14.7 Å². The van der Waals surface area contributed by atoms with Crippen LogP contribution in [0.3, 0.4) is 0 Å². The second-order valence-corrected chi connectivity index (χ2v) is 5.00. The van der Waals surface area contributed by atoms with Crippen molar-refractivity contribution in [1.29, 1.82) is 0 Å². The van der Waals surface area contributed by atoms with Crippen LogP contribution in [0.2, 0.25) is 0 Å². The predicted octanol–water partition coefficient (Wildman–Crippen LogP) is 0.791. The quantitative estimate of drug-likeness (QED) is 0.761. The maximum absolute atomic E-state index is 11.8. The van der Waals surface area contributed by atoms with Gasteiger partial charge in [0.1, 0.15) is 0 Å². The van der Waals surface area contributed by atoms with Crippen LogP contribution in [0.5, 0.6) is 0 Å². The second-order valence-electron chi connectivity index (χ2n) is 5.00. The molecule has 0 unspecified atom stereocenters. The van der Waals surface area contributed by atoms with Crippen molar-refractivity contribution in [1.82, 2.24) is 10.2 Å². The van der Waals surface area contributed by atoms with E-state index in [0.717, 1.165) is 0 Å². The number of carbonyl (C=O) groups is 2.